The van der Waals surface area contributed by atoms with E-state index in [1.54, 1.807) is 36.2 Å². The zero-order valence-electron chi connectivity index (χ0n) is 15.3. The Balaban J connectivity index is 1.58. The van der Waals surface area contributed by atoms with Crippen LogP contribution in [0.2, 0.25) is 5.02 Å². The number of hydrogen-bond acceptors (Lipinski definition) is 4. The fraction of sp³-hybridized carbons (Fsp3) is 0.0952. The predicted octanol–water partition coefficient (Wildman–Crippen LogP) is 4.64. The molecule has 0 bridgehead atoms. The first-order valence-corrected chi connectivity index (χ1v) is 9.00. The third-order valence-corrected chi connectivity index (χ3v) is 4.78. The maximum atomic E-state index is 12.5. The Morgan fingerprint density at radius 2 is 1.75 bits per heavy atom. The normalized spacial score (nSPS) is 10.8. The van der Waals surface area contributed by atoms with Gasteiger partial charge in [0.2, 0.25) is 0 Å². The summed E-state index contributed by atoms with van der Waals surface area (Å²) in [5, 5.41) is 12.4. The summed E-state index contributed by atoms with van der Waals surface area (Å²) in [6.07, 6.45) is 0. The second kappa shape index (κ2) is 7.32. The van der Waals surface area contributed by atoms with Gasteiger partial charge in [0.15, 0.2) is 0 Å². The Morgan fingerprint density at radius 3 is 2.46 bits per heavy atom. The van der Waals surface area contributed by atoms with Crippen molar-refractivity contribution >= 4 is 34.2 Å². The molecule has 0 atom stereocenters. The molecule has 0 aliphatic carbocycles. The summed E-state index contributed by atoms with van der Waals surface area (Å²) in [5.41, 5.74) is 4.28. The highest BCUT2D eigenvalue weighted by atomic mass is 35.5. The highest BCUT2D eigenvalue weighted by Gasteiger charge is 2.10. The Hall–Kier alpha value is -3.38. The minimum Gasteiger partial charge on any atom is -0.497 e. The number of aromatic nitrogens is 3. The van der Waals surface area contributed by atoms with Crippen LogP contribution >= 0.6 is 11.6 Å². The lowest BCUT2D eigenvalue weighted by Gasteiger charge is -2.06. The van der Waals surface area contributed by atoms with Gasteiger partial charge in [0, 0.05) is 16.3 Å². The summed E-state index contributed by atoms with van der Waals surface area (Å²) in [4.78, 5) is 14.0. The van der Waals surface area contributed by atoms with Crippen molar-refractivity contribution in [3.63, 3.8) is 0 Å². The van der Waals surface area contributed by atoms with Gasteiger partial charge in [-0.25, -0.2) is 0 Å². The van der Waals surface area contributed by atoms with Gasteiger partial charge in [-0.1, -0.05) is 17.7 Å². The molecule has 0 unspecified atom stereocenters. The number of nitrogens with zero attached hydrogens (tertiary/aromatic N) is 3. The van der Waals surface area contributed by atoms with Crippen LogP contribution in [-0.2, 0) is 0 Å². The average molecular weight is 393 g/mol. The highest BCUT2D eigenvalue weighted by molar-refractivity contribution is 6.31. The van der Waals surface area contributed by atoms with E-state index >= 15 is 0 Å². The van der Waals surface area contributed by atoms with Gasteiger partial charge in [-0.05, 0) is 67.1 Å². The number of carbonyl (C=O) groups excluding carboxylic acids is 1. The molecule has 6 nitrogen and oxygen atoms in total. The summed E-state index contributed by atoms with van der Waals surface area (Å²) in [6.45, 7) is 1.89. The number of fused-ring (bicyclic) bond motifs is 1. The molecule has 0 saturated carbocycles. The first-order chi connectivity index (χ1) is 13.5. The average Bonchev–Trinajstić information content (AvgIpc) is 3.13. The molecule has 1 amide bonds. The molecular formula is C21H17ClN4O2. The number of carbonyl (C=O) groups is 1. The molecule has 140 valence electrons. The minimum atomic E-state index is -0.233. The first kappa shape index (κ1) is 18.0. The number of aryl methyl sites for hydroxylation is 1. The minimum absolute atomic E-state index is 0.233. The summed E-state index contributed by atoms with van der Waals surface area (Å²) < 4.78 is 5.17. The largest absolute Gasteiger partial charge is 0.497 e. The number of halogens is 1. The molecule has 4 rings (SSSR count). The summed E-state index contributed by atoms with van der Waals surface area (Å²) >= 11 is 6.11. The Bertz CT molecular complexity index is 1170. The van der Waals surface area contributed by atoms with Crippen LogP contribution in [0.25, 0.3) is 16.7 Å². The third kappa shape index (κ3) is 3.54. The Labute approximate surface area is 166 Å². The number of methoxy groups -OCH3 is 1. The van der Waals surface area contributed by atoms with E-state index in [9.17, 15) is 4.79 Å². The maximum absolute atomic E-state index is 12.5. The van der Waals surface area contributed by atoms with Crippen LogP contribution in [-0.4, -0.2) is 28.0 Å². The van der Waals surface area contributed by atoms with E-state index in [4.69, 9.17) is 16.3 Å². The molecule has 0 aliphatic rings. The lowest BCUT2D eigenvalue weighted by Crippen LogP contribution is -2.11. The predicted molar refractivity (Wildman–Crippen MR) is 110 cm³/mol. The monoisotopic (exact) mass is 392 g/mol. The molecule has 1 heterocycles. The second-order valence-electron chi connectivity index (χ2n) is 6.31. The lowest BCUT2D eigenvalue weighted by atomic mass is 10.1. The molecular weight excluding hydrogens is 376 g/mol. The summed E-state index contributed by atoms with van der Waals surface area (Å²) in [7, 11) is 1.62. The van der Waals surface area contributed by atoms with Crippen molar-refractivity contribution in [1.29, 1.82) is 0 Å². The van der Waals surface area contributed by atoms with Gasteiger partial charge in [-0.15, -0.1) is 10.2 Å². The number of benzene rings is 3. The van der Waals surface area contributed by atoms with Gasteiger partial charge in [0.25, 0.3) is 5.91 Å². The van der Waals surface area contributed by atoms with Crippen molar-refractivity contribution in [3.8, 4) is 11.4 Å². The van der Waals surface area contributed by atoms with Crippen LogP contribution < -0.4 is 10.1 Å². The topological polar surface area (TPSA) is 69.0 Å². The maximum Gasteiger partial charge on any atom is 0.255 e. The standard InChI is InChI=1S/C21H17ClN4O2/c1-13-3-4-14(11-18(13)22)21(27)23-15-5-10-19-20(12-15)25-26(24-19)16-6-8-17(28-2)9-7-16/h3-12H,1-2H3,(H,23,27). The van der Waals surface area contributed by atoms with Gasteiger partial charge < -0.3 is 10.1 Å². The van der Waals surface area contributed by atoms with Gasteiger partial charge in [0.1, 0.15) is 16.8 Å². The van der Waals surface area contributed by atoms with E-state index in [-0.39, 0.29) is 5.91 Å². The molecule has 0 spiro atoms. The van der Waals surface area contributed by atoms with Crippen LogP contribution in [0.15, 0.2) is 60.7 Å². The van der Waals surface area contributed by atoms with Crippen molar-refractivity contribution < 1.29 is 9.53 Å². The van der Waals surface area contributed by atoms with Gasteiger partial charge >= 0.3 is 0 Å². The van der Waals surface area contributed by atoms with E-state index in [0.29, 0.717) is 21.8 Å². The smallest absolute Gasteiger partial charge is 0.255 e. The summed E-state index contributed by atoms with van der Waals surface area (Å²) in [5.74, 6) is 0.533. The summed E-state index contributed by atoms with van der Waals surface area (Å²) in [6, 6.07) is 18.1. The number of amides is 1. The number of ether oxygens (including phenoxy) is 1. The number of nitrogens with one attached hydrogen (secondary N) is 1. The molecule has 0 radical (unpaired) electrons. The number of rotatable bonds is 4. The highest BCUT2D eigenvalue weighted by Crippen LogP contribution is 2.21. The van der Waals surface area contributed by atoms with Crippen LogP contribution in [0.4, 0.5) is 5.69 Å². The molecule has 3 aromatic carbocycles. The number of hydrogen-bond donors (Lipinski definition) is 1. The Morgan fingerprint density at radius 1 is 1.00 bits per heavy atom. The van der Waals surface area contributed by atoms with Gasteiger partial charge in [-0.2, -0.15) is 4.80 Å². The van der Waals surface area contributed by atoms with Crippen LogP contribution in [0.3, 0.4) is 0 Å². The van der Waals surface area contributed by atoms with Crippen molar-refractivity contribution in [2.75, 3.05) is 12.4 Å². The fourth-order valence-corrected chi connectivity index (χ4v) is 2.94. The van der Waals surface area contributed by atoms with Crippen molar-refractivity contribution in [2.45, 2.75) is 6.92 Å². The van der Waals surface area contributed by atoms with Crippen molar-refractivity contribution in [1.82, 2.24) is 15.0 Å². The van der Waals surface area contributed by atoms with Crippen LogP contribution in [0, 0.1) is 6.92 Å². The first-order valence-electron chi connectivity index (χ1n) is 8.62. The Kier molecular flexibility index (Phi) is 4.71. The zero-order valence-corrected chi connectivity index (χ0v) is 16.1. The molecule has 0 aliphatic heterocycles. The van der Waals surface area contributed by atoms with E-state index in [1.165, 1.54) is 0 Å². The van der Waals surface area contributed by atoms with Gasteiger partial charge in [-0.3, -0.25) is 4.79 Å². The molecule has 4 aromatic rings. The zero-order chi connectivity index (χ0) is 19.7. The second-order valence-corrected chi connectivity index (χ2v) is 6.72. The van der Waals surface area contributed by atoms with Crippen LogP contribution in [0.1, 0.15) is 15.9 Å². The third-order valence-electron chi connectivity index (χ3n) is 4.38. The number of anilines is 1. The molecule has 1 N–H and O–H groups in total. The van der Waals surface area contributed by atoms with E-state index in [1.807, 2.05) is 43.3 Å². The molecule has 1 aromatic heterocycles. The van der Waals surface area contributed by atoms with E-state index in [2.05, 4.69) is 15.5 Å². The molecule has 7 heteroatoms. The molecule has 28 heavy (non-hydrogen) atoms. The molecule has 0 saturated heterocycles. The van der Waals surface area contributed by atoms with Crippen molar-refractivity contribution in [2.24, 2.45) is 0 Å². The van der Waals surface area contributed by atoms with Crippen molar-refractivity contribution in [3.05, 3.63) is 76.8 Å². The SMILES string of the molecule is COc1ccc(-n2nc3ccc(NC(=O)c4ccc(C)c(Cl)c4)cc3n2)cc1. The van der Waals surface area contributed by atoms with Gasteiger partial charge in [0.05, 0.1) is 12.8 Å². The van der Waals surface area contributed by atoms with Crippen LogP contribution in [0.5, 0.6) is 5.75 Å². The quantitative estimate of drug-likeness (QED) is 0.549. The molecule has 0 fully saturated rings. The van der Waals surface area contributed by atoms with E-state index < -0.39 is 0 Å². The lowest BCUT2D eigenvalue weighted by molar-refractivity contribution is 0.102. The van der Waals surface area contributed by atoms with E-state index in [0.717, 1.165) is 22.5 Å². The fourth-order valence-electron chi connectivity index (χ4n) is 2.76.